The van der Waals surface area contributed by atoms with E-state index in [0.29, 0.717) is 17.7 Å². The van der Waals surface area contributed by atoms with Crippen LogP contribution in [-0.2, 0) is 4.84 Å². The predicted molar refractivity (Wildman–Crippen MR) is 126 cm³/mol. The summed E-state index contributed by atoms with van der Waals surface area (Å²) in [7, 11) is 1.64. The van der Waals surface area contributed by atoms with Gasteiger partial charge in [-0.3, -0.25) is 4.79 Å². The summed E-state index contributed by atoms with van der Waals surface area (Å²) in [6, 6.07) is 23.5. The average Bonchev–Trinajstić information content (AvgIpc) is 3.29. The maximum atomic E-state index is 13.2. The van der Waals surface area contributed by atoms with Crippen molar-refractivity contribution in [1.29, 1.82) is 0 Å². The van der Waals surface area contributed by atoms with Gasteiger partial charge in [-0.25, -0.2) is 0 Å². The Hall–Kier alpha value is -3.38. The van der Waals surface area contributed by atoms with Crippen LogP contribution in [0.5, 0.6) is 5.75 Å². The fraction of sp³-hybridized carbons (Fsp3) is 0.120. The van der Waals surface area contributed by atoms with Crippen LogP contribution in [0.15, 0.2) is 87.2 Å². The minimum absolute atomic E-state index is 0.175. The number of hydrogen-bond acceptors (Lipinski definition) is 4. The van der Waals surface area contributed by atoms with Crippen LogP contribution in [0, 0.1) is 0 Å². The highest BCUT2D eigenvalue weighted by atomic mass is 79.9. The fourth-order valence-electron chi connectivity index (χ4n) is 3.97. The van der Waals surface area contributed by atoms with Crippen LogP contribution in [0.2, 0.25) is 0 Å². The van der Waals surface area contributed by atoms with Crippen molar-refractivity contribution < 1.29 is 9.57 Å². The smallest absolute Gasteiger partial charge is 0.258 e. The number of methoxy groups -OCH3 is 1. The third-order valence-electron chi connectivity index (χ3n) is 5.48. The van der Waals surface area contributed by atoms with Crippen molar-refractivity contribution in [3.63, 3.8) is 0 Å². The molecule has 1 N–H and O–H groups in total. The maximum Gasteiger partial charge on any atom is 0.258 e. The summed E-state index contributed by atoms with van der Waals surface area (Å²) in [5, 5.41) is 5.29. The van der Waals surface area contributed by atoms with Crippen molar-refractivity contribution in [1.82, 2.24) is 4.98 Å². The van der Waals surface area contributed by atoms with E-state index in [4.69, 9.17) is 9.57 Å². The van der Waals surface area contributed by atoms with Crippen molar-refractivity contribution in [2.45, 2.75) is 12.5 Å². The van der Waals surface area contributed by atoms with Crippen molar-refractivity contribution >= 4 is 32.5 Å². The molecule has 0 saturated heterocycles. The normalized spacial score (nSPS) is 15.5. The molecule has 2 heterocycles. The Labute approximate surface area is 187 Å². The summed E-state index contributed by atoms with van der Waals surface area (Å²) >= 11 is 3.56. The Kier molecular flexibility index (Phi) is 5.08. The summed E-state index contributed by atoms with van der Waals surface area (Å²) in [6.07, 6.45) is 0.261. The molecule has 1 aromatic heterocycles. The number of fused-ring (bicyclic) bond motifs is 1. The first kappa shape index (κ1) is 19.6. The van der Waals surface area contributed by atoms with Crippen LogP contribution >= 0.6 is 15.9 Å². The second-order valence-corrected chi connectivity index (χ2v) is 8.29. The van der Waals surface area contributed by atoms with Gasteiger partial charge in [-0.15, -0.1) is 0 Å². The molecule has 31 heavy (non-hydrogen) atoms. The zero-order chi connectivity index (χ0) is 21.4. The van der Waals surface area contributed by atoms with Gasteiger partial charge >= 0.3 is 0 Å². The highest BCUT2D eigenvalue weighted by Gasteiger charge is 2.28. The molecule has 5 rings (SSSR count). The second-order valence-electron chi connectivity index (χ2n) is 7.37. The van der Waals surface area contributed by atoms with Crippen LogP contribution < -0.4 is 10.3 Å². The number of ether oxygens (including phenoxy) is 1. The molecule has 3 aromatic carbocycles. The first-order valence-electron chi connectivity index (χ1n) is 9.92. The van der Waals surface area contributed by atoms with Crippen molar-refractivity contribution in [3.8, 4) is 16.9 Å². The number of nitrogens with zero attached hydrogens (tertiary/aromatic N) is 1. The number of aromatic nitrogens is 1. The quantitative estimate of drug-likeness (QED) is 0.404. The van der Waals surface area contributed by atoms with Crippen molar-refractivity contribution in [2.24, 2.45) is 5.16 Å². The zero-order valence-corrected chi connectivity index (χ0v) is 18.3. The number of H-pyrrole nitrogens is 1. The van der Waals surface area contributed by atoms with Gasteiger partial charge < -0.3 is 14.6 Å². The van der Waals surface area contributed by atoms with E-state index in [1.165, 1.54) is 0 Å². The lowest BCUT2D eigenvalue weighted by Gasteiger charge is -2.13. The first-order valence-corrected chi connectivity index (χ1v) is 10.7. The number of rotatable bonds is 4. The molecule has 1 atom stereocenters. The standard InChI is InChI=1S/C25H19BrN2O3/c1-30-18-10-7-15(8-11-18)22-14-21(28-31-22)24-23(16-5-3-2-4-6-16)19-13-17(26)9-12-20(19)27-25(24)29/h2-13,22H,14H2,1H3,(H,27,29)/t22-/m1/s1. The van der Waals surface area contributed by atoms with Gasteiger partial charge in [0.1, 0.15) is 5.75 Å². The molecule has 0 aliphatic carbocycles. The Morgan fingerprint density at radius 2 is 1.81 bits per heavy atom. The van der Waals surface area contributed by atoms with Gasteiger partial charge in [-0.2, -0.15) is 0 Å². The number of pyridine rings is 1. The zero-order valence-electron chi connectivity index (χ0n) is 16.8. The molecule has 1 aliphatic rings. The van der Waals surface area contributed by atoms with Gasteiger partial charge in [0.05, 0.1) is 18.4 Å². The summed E-state index contributed by atoms with van der Waals surface area (Å²) in [6.45, 7) is 0. The van der Waals surface area contributed by atoms with E-state index >= 15 is 0 Å². The number of oxime groups is 1. The molecular weight excluding hydrogens is 456 g/mol. The van der Waals surface area contributed by atoms with E-state index in [1.54, 1.807) is 7.11 Å². The third-order valence-corrected chi connectivity index (χ3v) is 5.98. The fourth-order valence-corrected chi connectivity index (χ4v) is 4.33. The van der Waals surface area contributed by atoms with E-state index in [1.807, 2.05) is 72.8 Å². The summed E-state index contributed by atoms with van der Waals surface area (Å²) < 4.78 is 6.18. The van der Waals surface area contributed by atoms with Crippen LogP contribution in [0.4, 0.5) is 0 Å². The Morgan fingerprint density at radius 3 is 2.55 bits per heavy atom. The van der Waals surface area contributed by atoms with E-state index in [0.717, 1.165) is 37.8 Å². The number of hydrogen-bond donors (Lipinski definition) is 1. The van der Waals surface area contributed by atoms with Crippen LogP contribution in [-0.4, -0.2) is 17.8 Å². The Balaban J connectivity index is 1.63. The summed E-state index contributed by atoms with van der Waals surface area (Å²) in [5.41, 5.74) is 4.60. The van der Waals surface area contributed by atoms with E-state index in [-0.39, 0.29) is 11.7 Å². The average molecular weight is 475 g/mol. The van der Waals surface area contributed by atoms with Crippen molar-refractivity contribution in [3.05, 3.63) is 98.7 Å². The molecule has 4 aromatic rings. The van der Waals surface area contributed by atoms with Gasteiger partial charge in [0.25, 0.3) is 5.56 Å². The minimum Gasteiger partial charge on any atom is -0.497 e. The van der Waals surface area contributed by atoms with Crippen LogP contribution in [0.1, 0.15) is 23.7 Å². The number of halogens is 1. The van der Waals surface area contributed by atoms with E-state index in [9.17, 15) is 4.79 Å². The molecule has 0 bridgehead atoms. The Bertz CT molecular complexity index is 1350. The lowest BCUT2D eigenvalue weighted by Crippen LogP contribution is -2.20. The van der Waals surface area contributed by atoms with Crippen LogP contribution in [0.3, 0.4) is 0 Å². The van der Waals surface area contributed by atoms with Gasteiger partial charge in [0, 0.05) is 27.4 Å². The molecule has 6 heteroatoms. The molecule has 1 aliphatic heterocycles. The van der Waals surface area contributed by atoms with Crippen molar-refractivity contribution in [2.75, 3.05) is 7.11 Å². The molecule has 0 unspecified atom stereocenters. The molecule has 0 radical (unpaired) electrons. The summed E-state index contributed by atoms with van der Waals surface area (Å²) in [5.74, 6) is 0.783. The highest BCUT2D eigenvalue weighted by Crippen LogP contribution is 2.36. The molecule has 0 fully saturated rings. The minimum atomic E-state index is -0.248. The summed E-state index contributed by atoms with van der Waals surface area (Å²) in [4.78, 5) is 22.0. The Morgan fingerprint density at radius 1 is 1.03 bits per heavy atom. The van der Waals surface area contributed by atoms with Crippen LogP contribution in [0.25, 0.3) is 22.0 Å². The molecular formula is C25H19BrN2O3. The van der Waals surface area contributed by atoms with Gasteiger partial charge in [-0.05, 0) is 41.5 Å². The lowest BCUT2D eigenvalue weighted by molar-refractivity contribution is 0.0857. The largest absolute Gasteiger partial charge is 0.497 e. The predicted octanol–water partition coefficient (Wildman–Crippen LogP) is 5.83. The number of aromatic amines is 1. The molecule has 0 amide bonds. The molecule has 154 valence electrons. The third kappa shape index (κ3) is 3.64. The number of nitrogens with one attached hydrogen (secondary N) is 1. The van der Waals surface area contributed by atoms with E-state index < -0.39 is 0 Å². The SMILES string of the molecule is COc1ccc([C@H]2CC(c3c(-c4ccccc4)c4cc(Br)ccc4[nH]c3=O)=NO2)cc1. The highest BCUT2D eigenvalue weighted by molar-refractivity contribution is 9.10. The van der Waals surface area contributed by atoms with Gasteiger partial charge in [0.2, 0.25) is 0 Å². The first-order chi connectivity index (χ1) is 15.1. The monoisotopic (exact) mass is 474 g/mol. The second kappa shape index (κ2) is 8.04. The number of benzene rings is 3. The lowest BCUT2D eigenvalue weighted by atomic mass is 9.91. The molecule has 0 spiro atoms. The molecule has 0 saturated carbocycles. The maximum absolute atomic E-state index is 13.2. The topological polar surface area (TPSA) is 63.7 Å². The van der Waals surface area contributed by atoms with Gasteiger partial charge in [0.15, 0.2) is 6.10 Å². The van der Waals surface area contributed by atoms with Gasteiger partial charge in [-0.1, -0.05) is 63.6 Å². The van der Waals surface area contributed by atoms with E-state index in [2.05, 4.69) is 26.1 Å². The molecule has 5 nitrogen and oxygen atoms in total.